The van der Waals surface area contributed by atoms with Crippen LogP contribution in [0, 0.1) is 0 Å². The molecule has 9 heteroatoms. The van der Waals surface area contributed by atoms with Crippen molar-refractivity contribution in [2.24, 2.45) is 0 Å². The van der Waals surface area contributed by atoms with Crippen molar-refractivity contribution in [2.45, 2.75) is 37.8 Å². The van der Waals surface area contributed by atoms with Crippen molar-refractivity contribution in [2.75, 3.05) is 19.6 Å². The first-order chi connectivity index (χ1) is 12.0. The lowest BCUT2D eigenvalue weighted by molar-refractivity contribution is 0.130. The Morgan fingerprint density at radius 3 is 2.84 bits per heavy atom. The molecular weight excluding hydrogens is 408 g/mol. The van der Waals surface area contributed by atoms with E-state index in [0.29, 0.717) is 29.0 Å². The number of carboxylic acid groups (broad SMARTS) is 1. The predicted molar refractivity (Wildman–Crippen MR) is 99.2 cm³/mol. The lowest BCUT2D eigenvalue weighted by atomic mass is 10.1. The highest BCUT2D eigenvalue weighted by atomic mass is 79.9. The number of rotatable bonds is 2. The molecule has 0 radical (unpaired) electrons. The van der Waals surface area contributed by atoms with E-state index in [1.165, 1.54) is 22.7 Å². The number of nitrogens with zero attached hydrogens (tertiary/aromatic N) is 3. The van der Waals surface area contributed by atoms with Crippen LogP contribution >= 0.6 is 27.3 Å². The molecule has 4 rings (SSSR count). The SMILES string of the molecule is O=C(O)N1CC(N2CCCCC2)C[C@H]1c1nc2cc(Br)sc2c(=O)[nH]1. The maximum Gasteiger partial charge on any atom is 0.407 e. The van der Waals surface area contributed by atoms with Crippen LogP contribution in [0.5, 0.6) is 0 Å². The van der Waals surface area contributed by atoms with E-state index in [2.05, 4.69) is 30.8 Å². The fourth-order valence-electron chi connectivity index (χ4n) is 3.92. The fourth-order valence-corrected chi connectivity index (χ4v) is 5.34. The zero-order valence-corrected chi connectivity index (χ0v) is 16.0. The van der Waals surface area contributed by atoms with E-state index in [0.717, 1.165) is 29.7 Å². The standard InChI is InChI=1S/C16H19BrN4O3S/c17-12-7-10-13(25-12)15(22)19-14(18-10)11-6-9(8-21(11)16(23)24)20-4-2-1-3-5-20/h7,9,11H,1-6,8H2,(H,23,24)(H,18,19,22)/t9?,11-/m0/s1. The summed E-state index contributed by atoms with van der Waals surface area (Å²) in [5, 5.41) is 9.63. The maximum atomic E-state index is 12.3. The molecule has 0 bridgehead atoms. The monoisotopic (exact) mass is 426 g/mol. The molecule has 7 nitrogen and oxygen atoms in total. The minimum Gasteiger partial charge on any atom is -0.465 e. The third-order valence-electron chi connectivity index (χ3n) is 5.12. The number of likely N-dealkylation sites (tertiary alicyclic amines) is 2. The Kier molecular flexibility index (Phi) is 4.55. The van der Waals surface area contributed by atoms with Crippen molar-refractivity contribution in [3.05, 3.63) is 26.0 Å². The highest BCUT2D eigenvalue weighted by molar-refractivity contribution is 9.11. The third kappa shape index (κ3) is 3.20. The Bertz CT molecular complexity index is 861. The molecule has 2 aromatic rings. The van der Waals surface area contributed by atoms with Crippen LogP contribution in [-0.4, -0.2) is 56.6 Å². The number of aromatic amines is 1. The number of nitrogens with one attached hydrogen (secondary N) is 1. The number of carbonyl (C=O) groups is 1. The molecule has 2 fully saturated rings. The van der Waals surface area contributed by atoms with Gasteiger partial charge >= 0.3 is 6.09 Å². The maximum absolute atomic E-state index is 12.3. The van der Waals surface area contributed by atoms with Crippen LogP contribution in [0.4, 0.5) is 4.79 Å². The molecule has 25 heavy (non-hydrogen) atoms. The number of H-pyrrole nitrogens is 1. The zero-order chi connectivity index (χ0) is 17.6. The summed E-state index contributed by atoms with van der Waals surface area (Å²) in [6.45, 7) is 2.51. The van der Waals surface area contributed by atoms with Gasteiger partial charge in [-0.3, -0.25) is 14.6 Å². The van der Waals surface area contributed by atoms with Crippen molar-refractivity contribution in [3.8, 4) is 0 Å². The number of halogens is 1. The Labute approximate surface area is 156 Å². The quantitative estimate of drug-likeness (QED) is 0.769. The summed E-state index contributed by atoms with van der Waals surface area (Å²) in [6.07, 6.45) is 3.29. The Morgan fingerprint density at radius 1 is 1.36 bits per heavy atom. The van der Waals surface area contributed by atoms with E-state index < -0.39 is 12.1 Å². The molecule has 2 saturated heterocycles. The van der Waals surface area contributed by atoms with Gasteiger partial charge in [-0.2, -0.15) is 0 Å². The molecule has 2 aliphatic rings. The number of aromatic nitrogens is 2. The van der Waals surface area contributed by atoms with E-state index in [4.69, 9.17) is 0 Å². The topological polar surface area (TPSA) is 89.5 Å². The number of thiophene rings is 1. The molecule has 1 amide bonds. The van der Waals surface area contributed by atoms with Gasteiger partial charge in [-0.1, -0.05) is 6.42 Å². The smallest absolute Gasteiger partial charge is 0.407 e. The Balaban J connectivity index is 1.67. The van der Waals surface area contributed by atoms with Crippen molar-refractivity contribution in [1.29, 1.82) is 0 Å². The molecular formula is C16H19BrN4O3S. The first-order valence-electron chi connectivity index (χ1n) is 8.46. The second-order valence-corrected chi connectivity index (χ2v) is 9.08. The summed E-state index contributed by atoms with van der Waals surface area (Å²) in [7, 11) is 0. The molecule has 0 spiro atoms. The lowest BCUT2D eigenvalue weighted by Crippen LogP contribution is -2.41. The summed E-state index contributed by atoms with van der Waals surface area (Å²) < 4.78 is 1.40. The zero-order valence-electron chi connectivity index (χ0n) is 13.6. The predicted octanol–water partition coefficient (Wildman–Crippen LogP) is 3.03. The van der Waals surface area contributed by atoms with Gasteiger partial charge in [-0.25, -0.2) is 9.78 Å². The van der Waals surface area contributed by atoms with Gasteiger partial charge in [-0.15, -0.1) is 11.3 Å². The third-order valence-corrected chi connectivity index (χ3v) is 6.74. The van der Waals surface area contributed by atoms with Gasteiger partial charge in [0, 0.05) is 12.6 Å². The van der Waals surface area contributed by atoms with Gasteiger partial charge in [-0.05, 0) is 54.3 Å². The van der Waals surface area contributed by atoms with Crippen LogP contribution in [0.1, 0.15) is 37.5 Å². The van der Waals surface area contributed by atoms with Crippen molar-refractivity contribution in [1.82, 2.24) is 19.8 Å². The molecule has 1 unspecified atom stereocenters. The molecule has 2 aromatic heterocycles. The fraction of sp³-hybridized carbons (Fsp3) is 0.562. The molecule has 0 aromatic carbocycles. The van der Waals surface area contributed by atoms with E-state index in [-0.39, 0.29) is 11.6 Å². The van der Waals surface area contributed by atoms with Crippen molar-refractivity contribution < 1.29 is 9.90 Å². The normalized spacial score (nSPS) is 24.9. The summed E-state index contributed by atoms with van der Waals surface area (Å²) in [5.74, 6) is 0.449. The van der Waals surface area contributed by atoms with Crippen LogP contribution in [0.15, 0.2) is 14.6 Å². The van der Waals surface area contributed by atoms with Gasteiger partial charge in [0.15, 0.2) is 0 Å². The second-order valence-electron chi connectivity index (χ2n) is 6.65. The highest BCUT2D eigenvalue weighted by Crippen LogP contribution is 2.34. The van der Waals surface area contributed by atoms with E-state index in [9.17, 15) is 14.7 Å². The Morgan fingerprint density at radius 2 is 2.12 bits per heavy atom. The molecule has 4 heterocycles. The van der Waals surface area contributed by atoms with E-state index >= 15 is 0 Å². The van der Waals surface area contributed by atoms with E-state index in [1.54, 1.807) is 6.07 Å². The van der Waals surface area contributed by atoms with Gasteiger partial charge < -0.3 is 10.1 Å². The number of hydrogen-bond acceptors (Lipinski definition) is 5. The first kappa shape index (κ1) is 17.0. The minimum absolute atomic E-state index is 0.191. The van der Waals surface area contributed by atoms with Crippen LogP contribution in [-0.2, 0) is 0 Å². The summed E-state index contributed by atoms with van der Waals surface area (Å²) in [5.41, 5.74) is 0.407. The number of hydrogen-bond donors (Lipinski definition) is 2. The molecule has 2 N–H and O–H groups in total. The number of amides is 1. The van der Waals surface area contributed by atoms with Crippen LogP contribution in [0.3, 0.4) is 0 Å². The molecule has 2 aliphatic heterocycles. The summed E-state index contributed by atoms with van der Waals surface area (Å²) in [6, 6.07) is 1.60. The van der Waals surface area contributed by atoms with Crippen LogP contribution < -0.4 is 5.56 Å². The minimum atomic E-state index is -0.959. The van der Waals surface area contributed by atoms with Crippen molar-refractivity contribution >= 4 is 43.6 Å². The van der Waals surface area contributed by atoms with Crippen molar-refractivity contribution in [3.63, 3.8) is 0 Å². The second kappa shape index (κ2) is 6.69. The molecule has 0 aliphatic carbocycles. The average molecular weight is 427 g/mol. The average Bonchev–Trinajstić information content (AvgIpc) is 3.19. The highest BCUT2D eigenvalue weighted by Gasteiger charge is 2.40. The lowest BCUT2D eigenvalue weighted by Gasteiger charge is -2.31. The van der Waals surface area contributed by atoms with Gasteiger partial charge in [0.25, 0.3) is 5.56 Å². The van der Waals surface area contributed by atoms with Gasteiger partial charge in [0.2, 0.25) is 0 Å². The van der Waals surface area contributed by atoms with Gasteiger partial charge in [0.05, 0.1) is 15.3 Å². The van der Waals surface area contributed by atoms with Crippen LogP contribution in [0.25, 0.3) is 10.2 Å². The summed E-state index contributed by atoms with van der Waals surface area (Å²) >= 11 is 4.71. The van der Waals surface area contributed by atoms with Gasteiger partial charge in [0.1, 0.15) is 10.5 Å². The molecule has 2 atom stereocenters. The number of piperidine rings is 1. The summed E-state index contributed by atoms with van der Waals surface area (Å²) in [4.78, 5) is 35.3. The largest absolute Gasteiger partial charge is 0.465 e. The molecule has 134 valence electrons. The number of fused-ring (bicyclic) bond motifs is 1. The Hall–Kier alpha value is -1.45. The molecule has 0 saturated carbocycles. The van der Waals surface area contributed by atoms with E-state index in [1.807, 2.05) is 0 Å². The first-order valence-corrected chi connectivity index (χ1v) is 10.1. The van der Waals surface area contributed by atoms with Crippen LogP contribution in [0.2, 0.25) is 0 Å².